The molecule has 0 bridgehead atoms. The third-order valence-electron chi connectivity index (χ3n) is 2.09. The van der Waals surface area contributed by atoms with Crippen molar-refractivity contribution < 1.29 is 4.79 Å². The fraction of sp³-hybridized carbons (Fsp3) is 0.200. The number of halogens is 1. The predicted molar refractivity (Wildman–Crippen MR) is 66.5 cm³/mol. The highest BCUT2D eigenvalue weighted by molar-refractivity contribution is 9.11. The van der Waals surface area contributed by atoms with Crippen LogP contribution in [0, 0.1) is 6.92 Å². The molecule has 0 spiro atoms. The first-order chi connectivity index (χ1) is 7.66. The van der Waals surface area contributed by atoms with Crippen LogP contribution < -0.4 is 5.32 Å². The third kappa shape index (κ3) is 2.51. The van der Waals surface area contributed by atoms with E-state index < -0.39 is 0 Å². The van der Waals surface area contributed by atoms with Crippen molar-refractivity contribution >= 4 is 33.2 Å². The molecule has 0 saturated carbocycles. The number of carbonyl (C=O) groups is 1. The summed E-state index contributed by atoms with van der Waals surface area (Å²) >= 11 is 4.84. The van der Waals surface area contributed by atoms with Gasteiger partial charge in [-0.25, -0.2) is 0 Å². The topological polar surface area (TPSA) is 57.8 Å². The number of amides is 1. The molecule has 4 nitrogen and oxygen atoms in total. The van der Waals surface area contributed by atoms with Crippen molar-refractivity contribution in [2.75, 3.05) is 0 Å². The Labute approximate surface area is 105 Å². The first-order valence-electron chi connectivity index (χ1n) is 4.68. The number of hydrogen-bond acceptors (Lipinski definition) is 3. The fourth-order valence-electron chi connectivity index (χ4n) is 1.22. The Hall–Kier alpha value is -1.14. The largest absolute Gasteiger partial charge is 0.347 e. The zero-order valence-corrected chi connectivity index (χ0v) is 11.0. The Morgan fingerprint density at radius 2 is 2.50 bits per heavy atom. The quantitative estimate of drug-likeness (QED) is 0.915. The summed E-state index contributed by atoms with van der Waals surface area (Å²) in [7, 11) is 0. The van der Waals surface area contributed by atoms with Crippen LogP contribution in [0.5, 0.6) is 0 Å². The van der Waals surface area contributed by atoms with Crippen LogP contribution in [0.25, 0.3) is 0 Å². The zero-order chi connectivity index (χ0) is 11.5. The van der Waals surface area contributed by atoms with Crippen LogP contribution in [-0.2, 0) is 6.54 Å². The van der Waals surface area contributed by atoms with Crippen molar-refractivity contribution in [3.8, 4) is 0 Å². The van der Waals surface area contributed by atoms with Crippen LogP contribution in [0.4, 0.5) is 0 Å². The molecule has 2 N–H and O–H groups in total. The molecule has 0 radical (unpaired) electrons. The van der Waals surface area contributed by atoms with Gasteiger partial charge in [0.15, 0.2) is 0 Å². The monoisotopic (exact) mass is 299 g/mol. The molecule has 0 saturated heterocycles. The number of H-pyrrole nitrogens is 1. The number of thiophene rings is 1. The summed E-state index contributed by atoms with van der Waals surface area (Å²) in [6.07, 6.45) is 3.45. The summed E-state index contributed by atoms with van der Waals surface area (Å²) in [5, 5.41) is 9.34. The maximum atomic E-state index is 11.8. The number of aromatic amines is 1. The third-order valence-corrected chi connectivity index (χ3v) is 4.22. The Balaban J connectivity index is 1.98. The molecular weight excluding hydrogens is 290 g/mol. The minimum Gasteiger partial charge on any atom is -0.347 e. The summed E-state index contributed by atoms with van der Waals surface area (Å²) < 4.78 is 1.00. The van der Waals surface area contributed by atoms with Crippen molar-refractivity contribution in [2.24, 2.45) is 0 Å². The van der Waals surface area contributed by atoms with E-state index in [1.54, 1.807) is 12.4 Å². The van der Waals surface area contributed by atoms with Crippen LogP contribution >= 0.6 is 27.3 Å². The highest BCUT2D eigenvalue weighted by atomic mass is 79.9. The normalized spacial score (nSPS) is 10.4. The van der Waals surface area contributed by atoms with E-state index >= 15 is 0 Å². The Morgan fingerprint density at radius 3 is 3.06 bits per heavy atom. The number of aromatic nitrogens is 2. The maximum absolute atomic E-state index is 11.8. The van der Waals surface area contributed by atoms with E-state index in [-0.39, 0.29) is 5.91 Å². The van der Waals surface area contributed by atoms with Crippen LogP contribution in [0.2, 0.25) is 0 Å². The molecule has 84 valence electrons. The van der Waals surface area contributed by atoms with Gasteiger partial charge in [0.2, 0.25) is 0 Å². The van der Waals surface area contributed by atoms with E-state index in [4.69, 9.17) is 0 Å². The summed E-state index contributed by atoms with van der Waals surface area (Å²) in [6, 6.07) is 1.87. The van der Waals surface area contributed by atoms with Crippen molar-refractivity contribution in [1.29, 1.82) is 0 Å². The molecule has 0 aliphatic rings. The maximum Gasteiger partial charge on any atom is 0.261 e. The van der Waals surface area contributed by atoms with Gasteiger partial charge >= 0.3 is 0 Å². The van der Waals surface area contributed by atoms with Gasteiger partial charge in [-0.2, -0.15) is 5.10 Å². The standard InChI is InChI=1S/C10H10BrN3OS/c1-6-2-8(16-9(6)11)10(15)12-3-7-4-13-14-5-7/h2,4-5H,3H2,1H3,(H,12,15)(H,13,14). The number of rotatable bonds is 3. The van der Waals surface area contributed by atoms with E-state index in [0.29, 0.717) is 11.4 Å². The fourth-order valence-corrected chi connectivity index (χ4v) is 2.67. The van der Waals surface area contributed by atoms with Crippen LogP contribution in [0.3, 0.4) is 0 Å². The lowest BCUT2D eigenvalue weighted by atomic mass is 10.3. The molecular formula is C10H10BrN3OS. The molecule has 6 heteroatoms. The molecule has 0 aromatic carbocycles. The Kier molecular flexibility index (Phi) is 3.40. The molecule has 0 aliphatic heterocycles. The molecule has 0 atom stereocenters. The lowest BCUT2D eigenvalue weighted by molar-refractivity contribution is 0.0955. The van der Waals surface area contributed by atoms with Gasteiger partial charge in [-0.05, 0) is 34.5 Å². The summed E-state index contributed by atoms with van der Waals surface area (Å²) in [4.78, 5) is 12.5. The van der Waals surface area contributed by atoms with Gasteiger partial charge in [0, 0.05) is 18.3 Å². The molecule has 1 amide bonds. The van der Waals surface area contributed by atoms with Crippen molar-refractivity contribution in [2.45, 2.75) is 13.5 Å². The average molecular weight is 300 g/mol. The highest BCUT2D eigenvalue weighted by Gasteiger charge is 2.10. The summed E-state index contributed by atoms with van der Waals surface area (Å²) in [5.74, 6) is -0.0556. The van der Waals surface area contributed by atoms with E-state index in [2.05, 4.69) is 31.4 Å². The SMILES string of the molecule is Cc1cc(C(=O)NCc2cn[nH]c2)sc1Br. The molecule has 2 aromatic rings. The molecule has 2 heterocycles. The Morgan fingerprint density at radius 1 is 1.69 bits per heavy atom. The number of aryl methyl sites for hydroxylation is 1. The smallest absolute Gasteiger partial charge is 0.261 e. The van der Waals surface area contributed by atoms with Gasteiger partial charge in [-0.3, -0.25) is 9.89 Å². The Bertz CT molecular complexity index is 473. The van der Waals surface area contributed by atoms with Gasteiger partial charge in [0.25, 0.3) is 5.91 Å². The molecule has 0 aliphatic carbocycles. The summed E-state index contributed by atoms with van der Waals surface area (Å²) in [5.41, 5.74) is 2.04. The second-order valence-corrected chi connectivity index (χ2v) is 5.73. The minimum absolute atomic E-state index is 0.0556. The van der Waals surface area contributed by atoms with Gasteiger partial charge < -0.3 is 5.32 Å². The highest BCUT2D eigenvalue weighted by Crippen LogP contribution is 2.27. The molecule has 16 heavy (non-hydrogen) atoms. The van der Waals surface area contributed by atoms with E-state index in [1.165, 1.54) is 11.3 Å². The van der Waals surface area contributed by atoms with Gasteiger partial charge in [-0.15, -0.1) is 11.3 Å². The second kappa shape index (κ2) is 4.80. The number of carbonyl (C=O) groups excluding carboxylic acids is 1. The summed E-state index contributed by atoms with van der Waals surface area (Å²) in [6.45, 7) is 2.46. The lowest BCUT2D eigenvalue weighted by Gasteiger charge is -2.00. The number of hydrogen-bond donors (Lipinski definition) is 2. The number of nitrogens with zero attached hydrogens (tertiary/aromatic N) is 1. The van der Waals surface area contributed by atoms with Crippen molar-refractivity contribution in [3.05, 3.63) is 38.3 Å². The second-order valence-electron chi connectivity index (χ2n) is 3.36. The van der Waals surface area contributed by atoms with Gasteiger partial charge in [-0.1, -0.05) is 0 Å². The van der Waals surface area contributed by atoms with Crippen LogP contribution in [-0.4, -0.2) is 16.1 Å². The van der Waals surface area contributed by atoms with Crippen molar-refractivity contribution in [3.63, 3.8) is 0 Å². The molecule has 0 unspecified atom stereocenters. The molecule has 0 fully saturated rings. The van der Waals surface area contributed by atoms with Gasteiger partial charge in [0.05, 0.1) is 14.9 Å². The van der Waals surface area contributed by atoms with E-state index in [1.807, 2.05) is 13.0 Å². The van der Waals surface area contributed by atoms with Crippen molar-refractivity contribution in [1.82, 2.24) is 15.5 Å². The molecule has 2 aromatic heterocycles. The van der Waals surface area contributed by atoms with E-state index in [0.717, 1.165) is 14.9 Å². The average Bonchev–Trinajstić information content (AvgIpc) is 2.86. The van der Waals surface area contributed by atoms with Gasteiger partial charge in [0.1, 0.15) is 0 Å². The first kappa shape index (κ1) is 11.3. The van der Waals surface area contributed by atoms with Crippen LogP contribution in [0.15, 0.2) is 22.2 Å². The number of nitrogens with one attached hydrogen (secondary N) is 2. The predicted octanol–water partition coefficient (Wildman–Crippen LogP) is 2.47. The lowest BCUT2D eigenvalue weighted by Crippen LogP contribution is -2.21. The van der Waals surface area contributed by atoms with Crippen LogP contribution in [0.1, 0.15) is 20.8 Å². The van der Waals surface area contributed by atoms with E-state index in [9.17, 15) is 4.79 Å². The molecule has 2 rings (SSSR count). The zero-order valence-electron chi connectivity index (χ0n) is 8.58. The minimum atomic E-state index is -0.0556. The first-order valence-corrected chi connectivity index (χ1v) is 6.29.